The average molecular weight is 329 g/mol. The Morgan fingerprint density at radius 2 is 1.92 bits per heavy atom. The Morgan fingerprint density at radius 3 is 2.62 bits per heavy atom. The van der Waals surface area contributed by atoms with Gasteiger partial charge in [0.15, 0.2) is 0 Å². The number of nitrogens with one attached hydrogen (secondary N) is 2. The topological polar surface area (TPSA) is 64.3 Å². The van der Waals surface area contributed by atoms with Crippen molar-refractivity contribution < 1.29 is 4.79 Å². The van der Waals surface area contributed by atoms with Crippen LogP contribution < -0.4 is 5.32 Å². The van der Waals surface area contributed by atoms with Crippen molar-refractivity contribution in [1.82, 2.24) is 25.1 Å². The molecule has 6 heteroatoms. The minimum atomic E-state index is 0.148. The van der Waals surface area contributed by atoms with E-state index in [1.165, 1.54) is 0 Å². The van der Waals surface area contributed by atoms with Gasteiger partial charge in [-0.2, -0.15) is 0 Å². The van der Waals surface area contributed by atoms with Gasteiger partial charge in [-0.05, 0) is 26.0 Å². The van der Waals surface area contributed by atoms with Crippen molar-refractivity contribution in [3.8, 4) is 0 Å². The molecule has 0 aliphatic carbocycles. The highest BCUT2D eigenvalue weighted by Crippen LogP contribution is 2.13. The molecule has 0 atom stereocenters. The highest BCUT2D eigenvalue weighted by molar-refractivity contribution is 5.76. The molecule has 24 heavy (non-hydrogen) atoms. The molecule has 6 nitrogen and oxygen atoms in total. The first-order valence-electron chi connectivity index (χ1n) is 8.78. The number of aromatic amines is 1. The zero-order valence-electron chi connectivity index (χ0n) is 14.6. The minimum absolute atomic E-state index is 0.148. The quantitative estimate of drug-likeness (QED) is 0.845. The van der Waals surface area contributed by atoms with E-state index in [2.05, 4.69) is 31.2 Å². The molecule has 0 saturated carbocycles. The van der Waals surface area contributed by atoms with Gasteiger partial charge in [-0.25, -0.2) is 4.98 Å². The van der Waals surface area contributed by atoms with Crippen molar-refractivity contribution in [1.29, 1.82) is 0 Å². The monoisotopic (exact) mass is 329 g/mol. The number of fused-ring (bicyclic) bond motifs is 1. The Morgan fingerprint density at radius 1 is 1.21 bits per heavy atom. The average Bonchev–Trinajstić information content (AvgIpc) is 2.96. The molecule has 1 aliphatic rings. The van der Waals surface area contributed by atoms with Gasteiger partial charge >= 0.3 is 0 Å². The van der Waals surface area contributed by atoms with E-state index < -0.39 is 0 Å². The molecule has 1 saturated heterocycles. The second kappa shape index (κ2) is 7.77. The second-order valence-electron chi connectivity index (χ2n) is 6.79. The van der Waals surface area contributed by atoms with E-state index in [1.807, 2.05) is 32.0 Å². The number of imidazole rings is 1. The Bertz CT molecular complexity index is 640. The maximum Gasteiger partial charge on any atom is 0.221 e. The Hall–Kier alpha value is -1.92. The van der Waals surface area contributed by atoms with Crippen molar-refractivity contribution in [2.45, 2.75) is 32.9 Å². The number of para-hydroxylation sites is 2. The third-order valence-electron chi connectivity index (χ3n) is 4.38. The number of amides is 1. The number of H-pyrrole nitrogens is 1. The molecule has 0 spiro atoms. The normalized spacial score (nSPS) is 16.8. The van der Waals surface area contributed by atoms with Crippen LogP contribution in [0, 0.1) is 0 Å². The van der Waals surface area contributed by atoms with E-state index in [-0.39, 0.29) is 11.9 Å². The van der Waals surface area contributed by atoms with Crippen LogP contribution in [0.2, 0.25) is 0 Å². The number of hydrogen-bond acceptors (Lipinski definition) is 4. The first-order chi connectivity index (χ1) is 11.6. The van der Waals surface area contributed by atoms with Crippen molar-refractivity contribution in [3.05, 3.63) is 30.1 Å². The molecule has 130 valence electrons. The van der Waals surface area contributed by atoms with Crippen molar-refractivity contribution in [2.24, 2.45) is 0 Å². The molecule has 1 aliphatic heterocycles. The summed E-state index contributed by atoms with van der Waals surface area (Å²) in [5.74, 6) is 1.18. The lowest BCUT2D eigenvalue weighted by Crippen LogP contribution is -2.47. The molecule has 0 radical (unpaired) electrons. The Labute approximate surface area is 143 Å². The van der Waals surface area contributed by atoms with E-state index in [4.69, 9.17) is 0 Å². The summed E-state index contributed by atoms with van der Waals surface area (Å²) in [6.07, 6.45) is 0.585. The molecular formula is C18H27N5O. The van der Waals surface area contributed by atoms with Gasteiger partial charge in [0.25, 0.3) is 0 Å². The van der Waals surface area contributed by atoms with Crippen LogP contribution in [0.3, 0.4) is 0 Å². The highest BCUT2D eigenvalue weighted by atomic mass is 16.1. The summed E-state index contributed by atoms with van der Waals surface area (Å²) in [6.45, 7) is 9.74. The fraction of sp³-hybridized carbons (Fsp3) is 0.556. The maximum atomic E-state index is 11.7. The summed E-state index contributed by atoms with van der Waals surface area (Å²) >= 11 is 0. The summed E-state index contributed by atoms with van der Waals surface area (Å²) in [4.78, 5) is 24.6. The minimum Gasteiger partial charge on any atom is -0.354 e. The fourth-order valence-electron chi connectivity index (χ4n) is 3.12. The predicted octanol–water partition coefficient (Wildman–Crippen LogP) is 1.60. The van der Waals surface area contributed by atoms with Gasteiger partial charge in [-0.1, -0.05) is 12.1 Å². The number of aromatic nitrogens is 2. The van der Waals surface area contributed by atoms with Crippen LogP contribution in [-0.4, -0.2) is 64.4 Å². The van der Waals surface area contributed by atoms with Crippen molar-refractivity contribution in [2.75, 3.05) is 32.7 Å². The molecule has 2 heterocycles. The molecule has 2 aromatic rings. The summed E-state index contributed by atoms with van der Waals surface area (Å²) in [5.41, 5.74) is 2.13. The lowest BCUT2D eigenvalue weighted by molar-refractivity contribution is -0.122. The van der Waals surface area contributed by atoms with E-state index >= 15 is 0 Å². The van der Waals surface area contributed by atoms with E-state index in [9.17, 15) is 4.79 Å². The first-order valence-corrected chi connectivity index (χ1v) is 8.78. The van der Waals surface area contributed by atoms with Crippen LogP contribution in [0.4, 0.5) is 0 Å². The van der Waals surface area contributed by atoms with Crippen LogP contribution in [-0.2, 0) is 11.3 Å². The zero-order chi connectivity index (χ0) is 16.9. The molecule has 3 rings (SSSR count). The van der Waals surface area contributed by atoms with Crippen LogP contribution >= 0.6 is 0 Å². The van der Waals surface area contributed by atoms with Crippen molar-refractivity contribution >= 4 is 16.9 Å². The van der Waals surface area contributed by atoms with Gasteiger partial charge in [0.05, 0.1) is 17.6 Å². The number of carbonyl (C=O) groups is 1. The maximum absolute atomic E-state index is 11.7. The van der Waals surface area contributed by atoms with Crippen LogP contribution in [0.25, 0.3) is 11.0 Å². The fourth-order valence-corrected chi connectivity index (χ4v) is 3.12. The number of rotatable bonds is 6. The Balaban J connectivity index is 1.42. The zero-order valence-corrected chi connectivity index (χ0v) is 14.6. The Kier molecular flexibility index (Phi) is 5.48. The van der Waals surface area contributed by atoms with Gasteiger partial charge in [0.2, 0.25) is 5.91 Å². The number of piperazine rings is 1. The molecule has 1 aromatic carbocycles. The number of nitrogens with zero attached hydrogens (tertiary/aromatic N) is 3. The van der Waals surface area contributed by atoms with Gasteiger partial charge in [-0.15, -0.1) is 0 Å². The molecule has 2 N–H and O–H groups in total. The standard InChI is InChI=1S/C18H27N5O/c1-14(2)19-18(24)7-8-22-9-11-23(12-10-22)13-17-20-15-5-3-4-6-16(15)21-17/h3-6,14H,7-13H2,1-2H3,(H,19,24)(H,20,21). The predicted molar refractivity (Wildman–Crippen MR) is 95.7 cm³/mol. The van der Waals surface area contributed by atoms with Gasteiger partial charge < -0.3 is 15.2 Å². The lowest BCUT2D eigenvalue weighted by atomic mass is 10.2. The third kappa shape index (κ3) is 4.55. The molecule has 1 fully saturated rings. The first kappa shape index (κ1) is 16.9. The van der Waals surface area contributed by atoms with Gasteiger partial charge in [-0.3, -0.25) is 9.69 Å². The van der Waals surface area contributed by atoms with E-state index in [1.54, 1.807) is 0 Å². The summed E-state index contributed by atoms with van der Waals surface area (Å²) in [7, 11) is 0. The number of benzene rings is 1. The smallest absolute Gasteiger partial charge is 0.221 e. The molecule has 0 unspecified atom stereocenters. The summed E-state index contributed by atoms with van der Waals surface area (Å²) < 4.78 is 0. The molecule has 1 aromatic heterocycles. The SMILES string of the molecule is CC(C)NC(=O)CCN1CCN(Cc2nc3ccccc3[nH]2)CC1. The molecule has 1 amide bonds. The van der Waals surface area contributed by atoms with Crippen LogP contribution in [0.1, 0.15) is 26.1 Å². The summed E-state index contributed by atoms with van der Waals surface area (Å²) in [6, 6.07) is 8.36. The number of carbonyl (C=O) groups excluding carboxylic acids is 1. The summed E-state index contributed by atoms with van der Waals surface area (Å²) in [5, 5.41) is 2.95. The largest absolute Gasteiger partial charge is 0.354 e. The molecular weight excluding hydrogens is 302 g/mol. The van der Waals surface area contributed by atoms with Crippen LogP contribution in [0.15, 0.2) is 24.3 Å². The lowest BCUT2D eigenvalue weighted by Gasteiger charge is -2.34. The second-order valence-corrected chi connectivity index (χ2v) is 6.79. The third-order valence-corrected chi connectivity index (χ3v) is 4.38. The highest BCUT2D eigenvalue weighted by Gasteiger charge is 2.18. The van der Waals surface area contributed by atoms with Gasteiger partial charge in [0.1, 0.15) is 5.82 Å². The van der Waals surface area contributed by atoms with E-state index in [0.29, 0.717) is 6.42 Å². The molecule has 0 bridgehead atoms. The van der Waals surface area contributed by atoms with Gasteiger partial charge in [0, 0.05) is 45.2 Å². The van der Waals surface area contributed by atoms with E-state index in [0.717, 1.165) is 56.1 Å². The van der Waals surface area contributed by atoms with Crippen molar-refractivity contribution in [3.63, 3.8) is 0 Å². The van der Waals surface area contributed by atoms with Crippen LogP contribution in [0.5, 0.6) is 0 Å². The number of hydrogen-bond donors (Lipinski definition) is 2.